The van der Waals surface area contributed by atoms with Crippen molar-refractivity contribution in [2.45, 2.75) is 18.9 Å². The Morgan fingerprint density at radius 1 is 1.14 bits per heavy atom. The van der Waals surface area contributed by atoms with Crippen molar-refractivity contribution in [1.82, 2.24) is 10.3 Å². The number of oxazole rings is 1. The Bertz CT molecular complexity index is 990. The summed E-state index contributed by atoms with van der Waals surface area (Å²) < 4.78 is 5.78. The van der Waals surface area contributed by atoms with Crippen LogP contribution in [0.1, 0.15) is 12.8 Å². The number of carbonyl (C=O) groups is 1. The number of hydrogen-bond acceptors (Lipinski definition) is 6. The Labute approximate surface area is 160 Å². The second kappa shape index (κ2) is 7.61. The third-order valence-electron chi connectivity index (χ3n) is 4.64. The van der Waals surface area contributed by atoms with Crippen LogP contribution in [0, 0.1) is 10.1 Å². The Hall–Kier alpha value is -3.52. The molecule has 3 aromatic rings. The van der Waals surface area contributed by atoms with Crippen LogP contribution in [-0.4, -0.2) is 28.4 Å². The molecule has 2 aromatic carbocycles. The van der Waals surface area contributed by atoms with Crippen LogP contribution in [0.4, 0.5) is 11.4 Å². The number of benzene rings is 2. The van der Waals surface area contributed by atoms with Gasteiger partial charge in [0.2, 0.25) is 11.8 Å². The highest BCUT2D eigenvalue weighted by atomic mass is 16.6. The van der Waals surface area contributed by atoms with Gasteiger partial charge in [0, 0.05) is 28.9 Å². The van der Waals surface area contributed by atoms with Crippen LogP contribution < -0.4 is 10.6 Å². The number of nitrogens with zero attached hydrogens (tertiary/aromatic N) is 2. The number of nitrogens with one attached hydrogen (secondary N) is 2. The van der Waals surface area contributed by atoms with Crippen molar-refractivity contribution in [3.63, 3.8) is 0 Å². The second-order valence-electron chi connectivity index (χ2n) is 6.55. The summed E-state index contributed by atoms with van der Waals surface area (Å²) in [6.45, 7) is 0.875. The molecule has 28 heavy (non-hydrogen) atoms. The maximum Gasteiger partial charge on any atom is 0.269 e. The highest BCUT2D eigenvalue weighted by Gasteiger charge is 2.21. The number of carbonyl (C=O) groups excluding carboxylic acids is 1. The van der Waals surface area contributed by atoms with Crippen molar-refractivity contribution in [2.24, 2.45) is 0 Å². The lowest BCUT2D eigenvalue weighted by molar-refractivity contribution is -0.384. The van der Waals surface area contributed by atoms with Crippen molar-refractivity contribution in [3.05, 3.63) is 64.8 Å². The van der Waals surface area contributed by atoms with Crippen LogP contribution in [-0.2, 0) is 4.79 Å². The van der Waals surface area contributed by atoms with Crippen LogP contribution in [0.15, 0.2) is 59.1 Å². The highest BCUT2D eigenvalue weighted by molar-refractivity contribution is 5.95. The smallest absolute Gasteiger partial charge is 0.269 e. The highest BCUT2D eigenvalue weighted by Crippen LogP contribution is 2.28. The van der Waals surface area contributed by atoms with Gasteiger partial charge in [-0.3, -0.25) is 14.9 Å². The van der Waals surface area contributed by atoms with Crippen molar-refractivity contribution in [1.29, 1.82) is 0 Å². The van der Waals surface area contributed by atoms with Gasteiger partial charge >= 0.3 is 0 Å². The zero-order valence-electron chi connectivity index (χ0n) is 14.9. The molecular weight excluding hydrogens is 360 g/mol. The first kappa shape index (κ1) is 17.9. The van der Waals surface area contributed by atoms with Crippen LogP contribution in [0.3, 0.4) is 0 Å². The minimum absolute atomic E-state index is 0.0148. The van der Waals surface area contributed by atoms with Crippen LogP contribution in [0.25, 0.3) is 22.8 Å². The minimum Gasteiger partial charge on any atom is -0.436 e. The third kappa shape index (κ3) is 3.77. The Morgan fingerprint density at radius 2 is 1.86 bits per heavy atom. The Kier molecular flexibility index (Phi) is 4.86. The SMILES string of the molecule is O=C(Nc1ccc(-c2cnc(-c3ccc([N+](=O)[O-])cc3)o2)cc1)[C@@H]1CCCN1. The fourth-order valence-corrected chi connectivity index (χ4v) is 3.12. The van der Waals surface area contributed by atoms with E-state index in [1.165, 1.54) is 12.1 Å². The molecule has 4 rings (SSSR count). The van der Waals surface area contributed by atoms with E-state index in [-0.39, 0.29) is 17.6 Å². The van der Waals surface area contributed by atoms with Crippen LogP contribution in [0.2, 0.25) is 0 Å². The van der Waals surface area contributed by atoms with Crippen molar-refractivity contribution in [3.8, 4) is 22.8 Å². The van der Waals surface area contributed by atoms with Gasteiger partial charge in [0.15, 0.2) is 5.76 Å². The molecule has 0 spiro atoms. The fraction of sp³-hybridized carbons (Fsp3) is 0.200. The molecule has 1 fully saturated rings. The molecule has 8 heteroatoms. The van der Waals surface area contributed by atoms with Gasteiger partial charge < -0.3 is 15.1 Å². The number of hydrogen-bond donors (Lipinski definition) is 2. The molecule has 0 bridgehead atoms. The van der Waals surface area contributed by atoms with E-state index in [0.29, 0.717) is 17.2 Å². The second-order valence-corrected chi connectivity index (χ2v) is 6.55. The molecule has 8 nitrogen and oxygen atoms in total. The predicted octanol–water partition coefficient (Wildman–Crippen LogP) is 3.61. The lowest BCUT2D eigenvalue weighted by Gasteiger charge is -2.11. The molecule has 1 aliphatic heterocycles. The zero-order valence-corrected chi connectivity index (χ0v) is 14.9. The van der Waals surface area contributed by atoms with Gasteiger partial charge in [-0.1, -0.05) is 0 Å². The molecule has 1 amide bonds. The number of nitro groups is 1. The van der Waals surface area contributed by atoms with Gasteiger partial charge in [-0.05, 0) is 55.8 Å². The third-order valence-corrected chi connectivity index (χ3v) is 4.64. The zero-order chi connectivity index (χ0) is 19.5. The van der Waals surface area contributed by atoms with E-state index >= 15 is 0 Å². The van der Waals surface area contributed by atoms with E-state index < -0.39 is 4.92 Å². The maximum absolute atomic E-state index is 12.2. The first-order valence-electron chi connectivity index (χ1n) is 8.95. The normalized spacial score (nSPS) is 16.1. The van der Waals surface area contributed by atoms with Crippen LogP contribution >= 0.6 is 0 Å². The number of aromatic nitrogens is 1. The number of amides is 1. The summed E-state index contributed by atoms with van der Waals surface area (Å²) in [5.74, 6) is 0.934. The quantitative estimate of drug-likeness (QED) is 0.518. The van der Waals surface area contributed by atoms with E-state index in [4.69, 9.17) is 4.42 Å². The number of anilines is 1. The average molecular weight is 378 g/mol. The lowest BCUT2D eigenvalue weighted by atomic mass is 10.1. The average Bonchev–Trinajstić information content (AvgIpc) is 3.41. The summed E-state index contributed by atoms with van der Waals surface area (Å²) in [5.41, 5.74) is 2.21. The molecule has 1 atom stereocenters. The first-order chi connectivity index (χ1) is 13.6. The summed E-state index contributed by atoms with van der Waals surface area (Å²) in [6.07, 6.45) is 3.47. The maximum atomic E-state index is 12.2. The van der Waals surface area contributed by atoms with Crippen LogP contribution in [0.5, 0.6) is 0 Å². The predicted molar refractivity (Wildman–Crippen MR) is 104 cm³/mol. The van der Waals surface area contributed by atoms with Gasteiger partial charge in [-0.25, -0.2) is 4.98 Å². The summed E-state index contributed by atoms with van der Waals surface area (Å²) in [7, 11) is 0. The largest absolute Gasteiger partial charge is 0.436 e. The molecule has 1 aliphatic rings. The minimum atomic E-state index is -0.451. The Morgan fingerprint density at radius 3 is 2.50 bits per heavy atom. The van der Waals surface area contributed by atoms with Gasteiger partial charge in [0.25, 0.3) is 5.69 Å². The van der Waals surface area contributed by atoms with E-state index in [1.54, 1.807) is 18.3 Å². The summed E-state index contributed by atoms with van der Waals surface area (Å²) in [5, 5.41) is 16.8. The van der Waals surface area contributed by atoms with Gasteiger partial charge in [-0.15, -0.1) is 0 Å². The standard InChI is InChI=1S/C20H18N4O4/c25-19(17-2-1-11-21-17)23-15-7-3-13(4-8-15)18-12-22-20(28-18)14-5-9-16(10-6-14)24(26)27/h3-10,12,17,21H,1-2,11H2,(H,23,25)/t17-/m0/s1. The monoisotopic (exact) mass is 378 g/mol. The van der Waals surface area contributed by atoms with Gasteiger partial charge in [0.1, 0.15) is 0 Å². The van der Waals surface area contributed by atoms with Gasteiger partial charge in [-0.2, -0.15) is 0 Å². The van der Waals surface area contributed by atoms with E-state index in [0.717, 1.165) is 30.6 Å². The van der Waals surface area contributed by atoms with E-state index in [2.05, 4.69) is 15.6 Å². The molecule has 2 heterocycles. The lowest BCUT2D eigenvalue weighted by Crippen LogP contribution is -2.35. The summed E-state index contributed by atoms with van der Waals surface area (Å²) in [4.78, 5) is 26.7. The van der Waals surface area contributed by atoms with Gasteiger partial charge in [0.05, 0.1) is 17.2 Å². The molecule has 1 aromatic heterocycles. The molecule has 2 N–H and O–H groups in total. The molecular formula is C20H18N4O4. The molecule has 1 saturated heterocycles. The molecule has 0 radical (unpaired) electrons. The summed E-state index contributed by atoms with van der Waals surface area (Å²) >= 11 is 0. The van der Waals surface area contributed by atoms with Crippen molar-refractivity contribution < 1.29 is 14.1 Å². The number of nitro benzene ring substituents is 1. The molecule has 0 unspecified atom stereocenters. The Balaban J connectivity index is 1.46. The molecule has 0 aliphatic carbocycles. The van der Waals surface area contributed by atoms with E-state index in [1.807, 2.05) is 24.3 Å². The fourth-order valence-electron chi connectivity index (χ4n) is 3.12. The molecule has 142 valence electrons. The number of non-ortho nitro benzene ring substituents is 1. The van der Waals surface area contributed by atoms with Crippen molar-refractivity contribution in [2.75, 3.05) is 11.9 Å². The number of rotatable bonds is 5. The summed E-state index contributed by atoms with van der Waals surface area (Å²) in [6, 6.07) is 13.2. The topological polar surface area (TPSA) is 110 Å². The first-order valence-corrected chi connectivity index (χ1v) is 8.95. The van der Waals surface area contributed by atoms with E-state index in [9.17, 15) is 14.9 Å². The molecule has 0 saturated carbocycles. The van der Waals surface area contributed by atoms with Crippen molar-refractivity contribution >= 4 is 17.3 Å².